The van der Waals surface area contributed by atoms with Gasteiger partial charge in [0.1, 0.15) is 0 Å². The van der Waals surface area contributed by atoms with Crippen LogP contribution in [0.5, 0.6) is 0 Å². The van der Waals surface area contributed by atoms with Gasteiger partial charge in [-0.25, -0.2) is 0 Å². The summed E-state index contributed by atoms with van der Waals surface area (Å²) in [6.45, 7) is 6.15. The van der Waals surface area contributed by atoms with E-state index in [2.05, 4.69) is 24.3 Å². The Hall–Kier alpha value is -1.13. The van der Waals surface area contributed by atoms with Crippen molar-refractivity contribution >= 4 is 11.3 Å². The minimum atomic E-state index is 0.656. The van der Waals surface area contributed by atoms with Crippen LogP contribution in [0.15, 0.2) is 28.1 Å². The summed E-state index contributed by atoms with van der Waals surface area (Å²) in [6.07, 6.45) is 0. The minimum Gasteiger partial charge on any atom is -0.355 e. The van der Waals surface area contributed by atoms with Crippen LogP contribution in [0.4, 0.5) is 0 Å². The van der Waals surface area contributed by atoms with Gasteiger partial charge in [-0.05, 0) is 23.9 Å². The van der Waals surface area contributed by atoms with E-state index >= 15 is 0 Å². The van der Waals surface area contributed by atoms with E-state index in [1.807, 2.05) is 23.6 Å². The van der Waals surface area contributed by atoms with Crippen molar-refractivity contribution in [2.45, 2.75) is 20.4 Å². The van der Waals surface area contributed by atoms with Crippen LogP contribution in [-0.2, 0) is 6.54 Å². The Labute approximate surface area is 99.5 Å². The van der Waals surface area contributed by atoms with E-state index in [1.165, 1.54) is 0 Å². The van der Waals surface area contributed by atoms with Crippen LogP contribution in [0.1, 0.15) is 19.5 Å². The second kappa shape index (κ2) is 5.27. The number of rotatable bonds is 5. The molecule has 0 amide bonds. The molecule has 0 atom stereocenters. The highest BCUT2D eigenvalue weighted by atomic mass is 32.1. The molecule has 0 spiro atoms. The van der Waals surface area contributed by atoms with Crippen molar-refractivity contribution in [2.75, 3.05) is 6.54 Å². The topological polar surface area (TPSA) is 38.1 Å². The first-order valence-corrected chi connectivity index (χ1v) is 6.34. The van der Waals surface area contributed by atoms with Crippen molar-refractivity contribution in [1.29, 1.82) is 0 Å². The molecule has 0 unspecified atom stereocenters. The molecule has 3 nitrogen and oxygen atoms in total. The monoisotopic (exact) mass is 236 g/mol. The highest BCUT2D eigenvalue weighted by Gasteiger charge is 2.07. The molecule has 16 heavy (non-hydrogen) atoms. The summed E-state index contributed by atoms with van der Waals surface area (Å²) in [5.74, 6) is 1.51. The number of aromatic nitrogens is 1. The molecular weight excluding hydrogens is 220 g/mol. The first kappa shape index (κ1) is 11.4. The van der Waals surface area contributed by atoms with Gasteiger partial charge in [-0.1, -0.05) is 25.1 Å². The third-order valence-corrected chi connectivity index (χ3v) is 3.07. The normalized spacial score (nSPS) is 11.2. The third kappa shape index (κ3) is 2.93. The van der Waals surface area contributed by atoms with Crippen molar-refractivity contribution in [1.82, 2.24) is 10.5 Å². The minimum absolute atomic E-state index is 0.656. The van der Waals surface area contributed by atoms with Crippen LogP contribution in [0.3, 0.4) is 0 Å². The lowest BCUT2D eigenvalue weighted by Gasteiger charge is -2.03. The van der Waals surface area contributed by atoms with Gasteiger partial charge in [0.05, 0.1) is 10.6 Å². The molecule has 0 aliphatic carbocycles. The standard InChI is InChI=1S/C12H16N2OS/c1-9(2)7-13-8-10-6-11(15-14-10)12-4-3-5-16-12/h3-6,9,13H,7-8H2,1-2H3. The summed E-state index contributed by atoms with van der Waals surface area (Å²) >= 11 is 1.66. The Bertz CT molecular complexity index is 420. The zero-order chi connectivity index (χ0) is 11.4. The number of thiophene rings is 1. The SMILES string of the molecule is CC(C)CNCc1cc(-c2cccs2)on1. The summed E-state index contributed by atoms with van der Waals surface area (Å²) < 4.78 is 5.29. The van der Waals surface area contributed by atoms with Crippen LogP contribution < -0.4 is 5.32 Å². The number of hydrogen-bond acceptors (Lipinski definition) is 4. The molecule has 0 aliphatic heterocycles. The van der Waals surface area contributed by atoms with Crippen molar-refractivity contribution in [3.05, 3.63) is 29.3 Å². The van der Waals surface area contributed by atoms with Gasteiger partial charge in [-0.2, -0.15) is 0 Å². The van der Waals surface area contributed by atoms with Crippen LogP contribution in [0.25, 0.3) is 10.6 Å². The largest absolute Gasteiger partial charge is 0.355 e. The zero-order valence-corrected chi connectivity index (χ0v) is 10.4. The predicted octanol–water partition coefficient (Wildman–Crippen LogP) is 3.15. The van der Waals surface area contributed by atoms with Gasteiger partial charge in [-0.3, -0.25) is 0 Å². The van der Waals surface area contributed by atoms with Crippen LogP contribution in [-0.4, -0.2) is 11.7 Å². The maximum Gasteiger partial charge on any atom is 0.177 e. The quantitative estimate of drug-likeness (QED) is 0.866. The molecule has 0 radical (unpaired) electrons. The van der Waals surface area contributed by atoms with Crippen LogP contribution in [0.2, 0.25) is 0 Å². The van der Waals surface area contributed by atoms with E-state index in [0.29, 0.717) is 5.92 Å². The molecule has 1 N–H and O–H groups in total. The van der Waals surface area contributed by atoms with Gasteiger partial charge < -0.3 is 9.84 Å². The van der Waals surface area contributed by atoms with Gasteiger partial charge in [0.15, 0.2) is 5.76 Å². The highest BCUT2D eigenvalue weighted by molar-refractivity contribution is 7.13. The van der Waals surface area contributed by atoms with Gasteiger partial charge >= 0.3 is 0 Å². The molecule has 0 saturated heterocycles. The van der Waals surface area contributed by atoms with Gasteiger partial charge in [0.2, 0.25) is 0 Å². The second-order valence-electron chi connectivity index (χ2n) is 4.18. The fourth-order valence-corrected chi connectivity index (χ4v) is 2.09. The van der Waals surface area contributed by atoms with Gasteiger partial charge in [0, 0.05) is 12.6 Å². The van der Waals surface area contributed by atoms with E-state index in [-0.39, 0.29) is 0 Å². The van der Waals surface area contributed by atoms with E-state index in [9.17, 15) is 0 Å². The zero-order valence-electron chi connectivity index (χ0n) is 9.56. The summed E-state index contributed by atoms with van der Waals surface area (Å²) in [5.41, 5.74) is 0.962. The summed E-state index contributed by atoms with van der Waals surface area (Å²) in [5, 5.41) is 9.42. The lowest BCUT2D eigenvalue weighted by atomic mass is 10.2. The molecule has 0 saturated carbocycles. The highest BCUT2D eigenvalue weighted by Crippen LogP contribution is 2.24. The summed E-state index contributed by atoms with van der Waals surface area (Å²) in [4.78, 5) is 1.13. The molecule has 0 aromatic carbocycles. The van der Waals surface area contributed by atoms with Gasteiger partial charge in [-0.15, -0.1) is 11.3 Å². The molecule has 2 rings (SSSR count). The molecule has 2 aromatic heterocycles. The maximum absolute atomic E-state index is 5.29. The van der Waals surface area contributed by atoms with E-state index in [0.717, 1.165) is 29.4 Å². The van der Waals surface area contributed by atoms with Crippen molar-refractivity contribution < 1.29 is 4.52 Å². The van der Waals surface area contributed by atoms with Crippen molar-refractivity contribution in [2.24, 2.45) is 5.92 Å². The molecule has 0 bridgehead atoms. The Balaban J connectivity index is 1.93. The van der Waals surface area contributed by atoms with E-state index in [4.69, 9.17) is 4.52 Å². The maximum atomic E-state index is 5.29. The molecule has 0 fully saturated rings. The molecule has 86 valence electrons. The average molecular weight is 236 g/mol. The van der Waals surface area contributed by atoms with E-state index < -0.39 is 0 Å². The lowest BCUT2D eigenvalue weighted by molar-refractivity contribution is 0.418. The van der Waals surface area contributed by atoms with E-state index in [1.54, 1.807) is 11.3 Å². The van der Waals surface area contributed by atoms with Crippen LogP contribution in [0, 0.1) is 5.92 Å². The van der Waals surface area contributed by atoms with Crippen molar-refractivity contribution in [3.63, 3.8) is 0 Å². The fourth-order valence-electron chi connectivity index (χ4n) is 1.42. The van der Waals surface area contributed by atoms with Gasteiger partial charge in [0.25, 0.3) is 0 Å². The molecule has 2 heterocycles. The second-order valence-corrected chi connectivity index (χ2v) is 5.13. The Kier molecular flexibility index (Phi) is 3.74. The first-order valence-electron chi connectivity index (χ1n) is 5.46. The smallest absolute Gasteiger partial charge is 0.177 e. The Morgan fingerprint density at radius 1 is 1.50 bits per heavy atom. The first-order chi connectivity index (χ1) is 7.75. The number of nitrogens with one attached hydrogen (secondary N) is 1. The average Bonchev–Trinajstić information content (AvgIpc) is 2.85. The fraction of sp³-hybridized carbons (Fsp3) is 0.417. The summed E-state index contributed by atoms with van der Waals surface area (Å²) in [7, 11) is 0. The molecule has 4 heteroatoms. The third-order valence-electron chi connectivity index (χ3n) is 2.18. The van der Waals surface area contributed by atoms with Crippen molar-refractivity contribution in [3.8, 4) is 10.6 Å². The summed E-state index contributed by atoms with van der Waals surface area (Å²) in [6, 6.07) is 6.05. The molecular formula is C12H16N2OS. The predicted molar refractivity (Wildman–Crippen MR) is 66.4 cm³/mol. The molecule has 2 aromatic rings. The number of hydrogen-bond donors (Lipinski definition) is 1. The van der Waals surface area contributed by atoms with Crippen LogP contribution >= 0.6 is 11.3 Å². The number of nitrogens with zero attached hydrogens (tertiary/aromatic N) is 1. The molecule has 0 aliphatic rings. The lowest BCUT2D eigenvalue weighted by Crippen LogP contribution is -2.18. The Morgan fingerprint density at radius 3 is 3.06 bits per heavy atom. The Morgan fingerprint density at radius 2 is 2.38 bits per heavy atom.